The second kappa shape index (κ2) is 8.99. The van der Waals surface area contributed by atoms with Gasteiger partial charge < -0.3 is 5.32 Å². The number of hydrogen-bond acceptors (Lipinski definition) is 8. The molecule has 0 radical (unpaired) electrons. The Hall–Kier alpha value is -3.84. The number of fused-ring (bicyclic) bond motifs is 2. The fourth-order valence-corrected chi connectivity index (χ4v) is 5.65. The van der Waals surface area contributed by atoms with Gasteiger partial charge in [-0.15, -0.1) is 0 Å². The molecule has 1 fully saturated rings. The first-order valence-electron chi connectivity index (χ1n) is 11.4. The van der Waals surface area contributed by atoms with E-state index in [1.807, 2.05) is 30.3 Å². The number of carbonyl (C=O) groups is 1. The molecule has 11 nitrogen and oxygen atoms in total. The molecule has 5 heterocycles. The lowest BCUT2D eigenvalue weighted by Gasteiger charge is -2.40. The molecule has 0 spiro atoms. The van der Waals surface area contributed by atoms with Crippen molar-refractivity contribution in [2.24, 2.45) is 0 Å². The predicted molar refractivity (Wildman–Crippen MR) is 139 cm³/mol. The summed E-state index contributed by atoms with van der Waals surface area (Å²) in [5, 5.41) is 18.7. The topological polar surface area (TPSA) is 156 Å². The van der Waals surface area contributed by atoms with Crippen LogP contribution in [0.2, 0.25) is 0 Å². The zero-order valence-electron chi connectivity index (χ0n) is 19.2. The summed E-state index contributed by atoms with van der Waals surface area (Å²) in [5.74, 6) is 0.410. The van der Waals surface area contributed by atoms with Crippen LogP contribution in [0.5, 0.6) is 0 Å². The average molecular weight is 505 g/mol. The van der Waals surface area contributed by atoms with Crippen LogP contribution in [0.25, 0.3) is 33.1 Å². The number of H-pyrrole nitrogens is 2. The van der Waals surface area contributed by atoms with E-state index in [1.165, 1.54) is 0 Å². The van der Waals surface area contributed by atoms with Gasteiger partial charge >= 0.3 is 0 Å². The molecule has 0 atom stereocenters. The summed E-state index contributed by atoms with van der Waals surface area (Å²) >= 11 is 0. The normalized spacial score (nSPS) is 16.8. The Morgan fingerprint density at radius 2 is 1.86 bits per heavy atom. The number of aromatic amines is 2. The highest BCUT2D eigenvalue weighted by atomic mass is 32.3. The Bertz CT molecular complexity index is 1570. The Morgan fingerprint density at radius 3 is 2.72 bits per heavy atom. The molecule has 1 aliphatic rings. The molecule has 184 valence electrons. The average Bonchev–Trinajstić information content (AvgIpc) is 3.54. The van der Waals surface area contributed by atoms with Crippen LogP contribution in [-0.4, -0.2) is 74.9 Å². The van der Waals surface area contributed by atoms with E-state index in [9.17, 15) is 13.9 Å². The summed E-state index contributed by atoms with van der Waals surface area (Å²) in [6, 6.07) is 11.2. The highest BCUT2D eigenvalue weighted by molar-refractivity contribution is 8.24. The van der Waals surface area contributed by atoms with Crippen LogP contribution in [0.4, 0.5) is 5.69 Å². The molecule has 1 aromatic carbocycles. The van der Waals surface area contributed by atoms with Gasteiger partial charge in [-0.1, -0.05) is 6.07 Å². The quantitative estimate of drug-likeness (QED) is 0.242. The second-order valence-corrected chi connectivity index (χ2v) is 11.3. The van der Waals surface area contributed by atoms with Crippen LogP contribution in [0.15, 0.2) is 55.0 Å². The summed E-state index contributed by atoms with van der Waals surface area (Å²) in [6.07, 6.45) is 5.15. The lowest BCUT2D eigenvalue weighted by Crippen LogP contribution is -2.38. The van der Waals surface area contributed by atoms with Crippen molar-refractivity contribution in [1.82, 2.24) is 35.3 Å². The van der Waals surface area contributed by atoms with Crippen LogP contribution in [0, 0.1) is 0 Å². The number of hydrogen-bond donors (Lipinski definition) is 5. The van der Waals surface area contributed by atoms with Gasteiger partial charge in [0.05, 0.1) is 40.8 Å². The number of rotatable bonds is 5. The standard InChI is InChI=1S/C24H24N8O3S/c33-24(20-3-1-2-18(28-20)14-32-4-6-36(34,35)7-5-32)29-21-9-15(10-22-19(21)13-27-30-22)16-8-17-12-26-31-23(17)25-11-16/h1-3,8-13,34-35H,4-7,14H2,(H,27,30)(H,29,33)(H,25,26,31). The number of nitrogens with one attached hydrogen (secondary N) is 3. The molecule has 1 amide bonds. The van der Waals surface area contributed by atoms with Crippen molar-refractivity contribution < 1.29 is 13.9 Å². The van der Waals surface area contributed by atoms with E-state index in [2.05, 4.69) is 40.6 Å². The maximum Gasteiger partial charge on any atom is 0.274 e. The third-order valence-corrected chi connectivity index (χ3v) is 8.00. The largest absolute Gasteiger partial charge is 0.320 e. The Labute approximate surface area is 207 Å². The van der Waals surface area contributed by atoms with Crippen LogP contribution in [0.3, 0.4) is 0 Å². The van der Waals surface area contributed by atoms with Gasteiger partial charge in [0.15, 0.2) is 5.65 Å². The molecule has 0 saturated carbocycles. The van der Waals surface area contributed by atoms with Gasteiger partial charge in [-0.25, -0.2) is 9.97 Å². The first-order chi connectivity index (χ1) is 17.4. The summed E-state index contributed by atoms with van der Waals surface area (Å²) in [6.45, 7) is 1.72. The van der Waals surface area contributed by atoms with E-state index in [0.717, 1.165) is 33.1 Å². The minimum atomic E-state index is -2.45. The van der Waals surface area contributed by atoms with Crippen molar-refractivity contribution >= 4 is 44.1 Å². The number of nitrogens with zero attached hydrogens (tertiary/aromatic N) is 5. The van der Waals surface area contributed by atoms with Crippen molar-refractivity contribution in [2.75, 3.05) is 29.9 Å². The Morgan fingerprint density at radius 1 is 1.03 bits per heavy atom. The van der Waals surface area contributed by atoms with Crippen molar-refractivity contribution in [3.8, 4) is 11.1 Å². The zero-order valence-corrected chi connectivity index (χ0v) is 20.0. The number of aromatic nitrogens is 6. The van der Waals surface area contributed by atoms with Gasteiger partial charge in [0.25, 0.3) is 5.91 Å². The molecular weight excluding hydrogens is 480 g/mol. The number of anilines is 1. The summed E-state index contributed by atoms with van der Waals surface area (Å²) in [5.41, 5.74) is 4.92. The van der Waals surface area contributed by atoms with Gasteiger partial charge in [-0.3, -0.25) is 29.0 Å². The molecule has 36 heavy (non-hydrogen) atoms. The van der Waals surface area contributed by atoms with Crippen LogP contribution >= 0.6 is 10.6 Å². The number of carbonyl (C=O) groups excluding carboxylic acids is 1. The molecular formula is C24H24N8O3S. The molecule has 6 rings (SSSR count). The van der Waals surface area contributed by atoms with E-state index in [4.69, 9.17) is 0 Å². The van der Waals surface area contributed by atoms with E-state index < -0.39 is 10.6 Å². The maximum absolute atomic E-state index is 13.2. The van der Waals surface area contributed by atoms with Crippen molar-refractivity contribution in [3.63, 3.8) is 0 Å². The van der Waals surface area contributed by atoms with Gasteiger partial charge in [0, 0.05) is 42.2 Å². The second-order valence-electron chi connectivity index (χ2n) is 8.84. The van der Waals surface area contributed by atoms with Crippen molar-refractivity contribution in [1.29, 1.82) is 0 Å². The summed E-state index contributed by atoms with van der Waals surface area (Å²) in [7, 11) is -2.45. The number of amides is 1. The van der Waals surface area contributed by atoms with E-state index in [0.29, 0.717) is 48.2 Å². The molecule has 12 heteroatoms. The molecule has 4 aromatic heterocycles. The first-order valence-corrected chi connectivity index (χ1v) is 13.3. The summed E-state index contributed by atoms with van der Waals surface area (Å²) in [4.78, 5) is 24.3. The van der Waals surface area contributed by atoms with Crippen LogP contribution in [0.1, 0.15) is 16.2 Å². The van der Waals surface area contributed by atoms with Gasteiger partial charge in [0.1, 0.15) is 5.69 Å². The number of pyridine rings is 2. The molecule has 5 aromatic rings. The minimum Gasteiger partial charge on any atom is -0.320 e. The fourth-order valence-electron chi connectivity index (χ4n) is 4.35. The minimum absolute atomic E-state index is 0.303. The lowest BCUT2D eigenvalue weighted by atomic mass is 10.0. The van der Waals surface area contributed by atoms with E-state index in [-0.39, 0.29) is 5.91 Å². The third kappa shape index (κ3) is 4.54. The molecule has 1 aliphatic heterocycles. The monoisotopic (exact) mass is 504 g/mol. The lowest BCUT2D eigenvalue weighted by molar-refractivity contribution is 0.102. The third-order valence-electron chi connectivity index (χ3n) is 6.33. The molecule has 0 unspecified atom stereocenters. The van der Waals surface area contributed by atoms with E-state index >= 15 is 0 Å². The van der Waals surface area contributed by atoms with Gasteiger partial charge in [0.2, 0.25) is 0 Å². The van der Waals surface area contributed by atoms with Crippen LogP contribution < -0.4 is 5.32 Å². The summed E-state index contributed by atoms with van der Waals surface area (Å²) < 4.78 is 19.7. The maximum atomic E-state index is 13.2. The van der Waals surface area contributed by atoms with Crippen LogP contribution in [-0.2, 0) is 6.54 Å². The first kappa shape index (κ1) is 22.6. The SMILES string of the molecule is O=C(Nc1cc(-c2cnc3[nH]ncc3c2)cc2[nH]ncc12)c1cccc(CN2CCS(O)(O)CC2)n1. The van der Waals surface area contributed by atoms with Gasteiger partial charge in [-0.2, -0.15) is 20.8 Å². The van der Waals surface area contributed by atoms with E-state index in [1.54, 1.807) is 24.7 Å². The Kier molecular flexibility index (Phi) is 5.64. The number of benzene rings is 1. The molecule has 1 saturated heterocycles. The molecule has 0 aliphatic carbocycles. The van der Waals surface area contributed by atoms with Crippen molar-refractivity contribution in [3.05, 3.63) is 66.4 Å². The highest BCUT2D eigenvalue weighted by Crippen LogP contribution is 2.40. The highest BCUT2D eigenvalue weighted by Gasteiger charge is 2.22. The fraction of sp³-hybridized carbons (Fsp3) is 0.208. The smallest absolute Gasteiger partial charge is 0.274 e. The molecule has 5 N–H and O–H groups in total. The van der Waals surface area contributed by atoms with Gasteiger partial charge in [-0.05, 0) is 35.9 Å². The van der Waals surface area contributed by atoms with Crippen molar-refractivity contribution in [2.45, 2.75) is 6.54 Å². The predicted octanol–water partition coefficient (Wildman–Crippen LogP) is 3.71. The Balaban J connectivity index is 1.25. The zero-order chi connectivity index (χ0) is 24.7. The molecule has 0 bridgehead atoms.